The summed E-state index contributed by atoms with van der Waals surface area (Å²) in [5.41, 5.74) is 13.5. The minimum absolute atomic E-state index is 0.195. The van der Waals surface area contributed by atoms with Crippen LogP contribution in [-0.2, 0) is 6.54 Å². The zero-order valence-corrected chi connectivity index (χ0v) is 11.8. The van der Waals surface area contributed by atoms with E-state index < -0.39 is 0 Å². The molecule has 0 radical (unpaired) electrons. The molecular formula is C16H18FN3O. The topological polar surface area (TPSA) is 72.3 Å². The summed E-state index contributed by atoms with van der Waals surface area (Å²) in [5.74, 6) is -0.512. The molecule has 0 heterocycles. The molecule has 0 unspecified atom stereocenters. The Morgan fingerprint density at radius 3 is 2.57 bits per heavy atom. The molecule has 21 heavy (non-hydrogen) atoms. The van der Waals surface area contributed by atoms with Gasteiger partial charge in [-0.1, -0.05) is 12.1 Å². The van der Waals surface area contributed by atoms with E-state index in [1.54, 1.807) is 35.2 Å². The molecule has 0 aromatic heterocycles. The van der Waals surface area contributed by atoms with Crippen LogP contribution in [0.5, 0.6) is 0 Å². The average Bonchev–Trinajstić information content (AvgIpc) is 2.44. The van der Waals surface area contributed by atoms with Crippen molar-refractivity contribution in [1.29, 1.82) is 0 Å². The zero-order chi connectivity index (χ0) is 15.4. The van der Waals surface area contributed by atoms with E-state index in [4.69, 9.17) is 11.5 Å². The van der Waals surface area contributed by atoms with Crippen LogP contribution in [0.15, 0.2) is 42.5 Å². The highest BCUT2D eigenvalue weighted by Gasteiger charge is 2.17. The SMILES string of the molecule is CCN(Cc1cccc(F)c1)C(=O)c1ccc(N)cc1N. The fraction of sp³-hybridized carbons (Fsp3) is 0.188. The summed E-state index contributed by atoms with van der Waals surface area (Å²) in [6, 6.07) is 11.0. The Kier molecular flexibility index (Phi) is 4.42. The average molecular weight is 287 g/mol. The van der Waals surface area contributed by atoms with Crippen LogP contribution in [0.2, 0.25) is 0 Å². The molecule has 110 valence electrons. The van der Waals surface area contributed by atoms with Crippen LogP contribution in [0.4, 0.5) is 15.8 Å². The van der Waals surface area contributed by atoms with E-state index in [1.165, 1.54) is 12.1 Å². The van der Waals surface area contributed by atoms with E-state index in [0.717, 1.165) is 5.56 Å². The molecule has 0 spiro atoms. The van der Waals surface area contributed by atoms with Crippen LogP contribution in [0.25, 0.3) is 0 Å². The lowest BCUT2D eigenvalue weighted by molar-refractivity contribution is 0.0753. The molecule has 2 aromatic carbocycles. The minimum atomic E-state index is -0.317. The van der Waals surface area contributed by atoms with E-state index in [1.807, 2.05) is 6.92 Å². The van der Waals surface area contributed by atoms with Crippen LogP contribution >= 0.6 is 0 Å². The number of hydrogen-bond acceptors (Lipinski definition) is 3. The maximum Gasteiger partial charge on any atom is 0.256 e. The summed E-state index contributed by atoms with van der Waals surface area (Å²) in [4.78, 5) is 14.1. The van der Waals surface area contributed by atoms with Gasteiger partial charge in [-0.25, -0.2) is 4.39 Å². The Bertz CT molecular complexity index is 658. The predicted molar refractivity (Wildman–Crippen MR) is 82.1 cm³/mol. The van der Waals surface area contributed by atoms with E-state index in [9.17, 15) is 9.18 Å². The number of halogens is 1. The third-order valence-corrected chi connectivity index (χ3v) is 3.24. The molecule has 1 amide bonds. The first kappa shape index (κ1) is 14.8. The highest BCUT2D eigenvalue weighted by atomic mass is 19.1. The second-order valence-corrected chi connectivity index (χ2v) is 4.80. The lowest BCUT2D eigenvalue weighted by atomic mass is 10.1. The molecule has 0 atom stereocenters. The van der Waals surface area contributed by atoms with Crippen molar-refractivity contribution < 1.29 is 9.18 Å². The van der Waals surface area contributed by atoms with Gasteiger partial charge < -0.3 is 16.4 Å². The van der Waals surface area contributed by atoms with Crippen molar-refractivity contribution in [1.82, 2.24) is 4.90 Å². The quantitative estimate of drug-likeness (QED) is 0.849. The molecule has 5 heteroatoms. The van der Waals surface area contributed by atoms with Gasteiger partial charge >= 0.3 is 0 Å². The summed E-state index contributed by atoms with van der Waals surface area (Å²) in [7, 11) is 0. The predicted octanol–water partition coefficient (Wildman–Crippen LogP) is 2.65. The largest absolute Gasteiger partial charge is 0.399 e. The monoisotopic (exact) mass is 287 g/mol. The third-order valence-electron chi connectivity index (χ3n) is 3.24. The molecule has 4 N–H and O–H groups in total. The van der Waals surface area contributed by atoms with Crippen LogP contribution in [0, 0.1) is 5.82 Å². The molecule has 0 saturated carbocycles. The van der Waals surface area contributed by atoms with Gasteiger partial charge in [-0.2, -0.15) is 0 Å². The van der Waals surface area contributed by atoms with Gasteiger partial charge in [-0.05, 0) is 42.8 Å². The third kappa shape index (κ3) is 3.51. The standard InChI is InChI=1S/C16H18FN3O/c1-2-20(10-11-4-3-5-12(17)8-11)16(21)14-7-6-13(18)9-15(14)19/h3-9H,2,10,18-19H2,1H3. The Hall–Kier alpha value is -2.56. The molecule has 0 aliphatic rings. The van der Waals surface area contributed by atoms with Gasteiger partial charge in [0.05, 0.1) is 5.56 Å². The van der Waals surface area contributed by atoms with Crippen LogP contribution < -0.4 is 11.5 Å². The number of hydrogen-bond donors (Lipinski definition) is 2. The van der Waals surface area contributed by atoms with Crippen LogP contribution in [-0.4, -0.2) is 17.4 Å². The number of carbonyl (C=O) groups excluding carboxylic acids is 1. The lowest BCUT2D eigenvalue weighted by Crippen LogP contribution is -2.31. The molecule has 0 bridgehead atoms. The van der Waals surface area contributed by atoms with Crippen molar-refractivity contribution in [3.8, 4) is 0 Å². The van der Waals surface area contributed by atoms with Crippen LogP contribution in [0.3, 0.4) is 0 Å². The van der Waals surface area contributed by atoms with Gasteiger partial charge in [0.1, 0.15) is 5.82 Å². The molecular weight excluding hydrogens is 269 g/mol. The van der Waals surface area contributed by atoms with Crippen molar-refractivity contribution >= 4 is 17.3 Å². The molecule has 0 aliphatic heterocycles. The van der Waals surface area contributed by atoms with Crippen molar-refractivity contribution in [3.05, 3.63) is 59.4 Å². The van der Waals surface area contributed by atoms with Crippen molar-refractivity contribution in [2.24, 2.45) is 0 Å². The van der Waals surface area contributed by atoms with Gasteiger partial charge in [-0.3, -0.25) is 4.79 Å². The molecule has 2 aromatic rings. The summed E-state index contributed by atoms with van der Waals surface area (Å²) in [6.45, 7) is 2.70. The number of nitrogens with zero attached hydrogens (tertiary/aromatic N) is 1. The maximum atomic E-state index is 13.2. The van der Waals surface area contributed by atoms with Crippen molar-refractivity contribution in [2.75, 3.05) is 18.0 Å². The zero-order valence-electron chi connectivity index (χ0n) is 11.8. The Morgan fingerprint density at radius 1 is 1.19 bits per heavy atom. The van der Waals surface area contributed by atoms with Gasteiger partial charge in [0, 0.05) is 24.5 Å². The van der Waals surface area contributed by atoms with Gasteiger partial charge in [0.15, 0.2) is 0 Å². The van der Waals surface area contributed by atoms with Crippen molar-refractivity contribution in [2.45, 2.75) is 13.5 Å². The number of amides is 1. The van der Waals surface area contributed by atoms with Gasteiger partial charge in [-0.15, -0.1) is 0 Å². The molecule has 2 rings (SSSR count). The van der Waals surface area contributed by atoms with Crippen LogP contribution in [0.1, 0.15) is 22.8 Å². The second-order valence-electron chi connectivity index (χ2n) is 4.80. The number of nitrogen functional groups attached to an aromatic ring is 2. The number of rotatable bonds is 4. The number of anilines is 2. The first-order valence-corrected chi connectivity index (χ1v) is 6.70. The summed E-state index contributed by atoms with van der Waals surface area (Å²) < 4.78 is 13.2. The number of carbonyl (C=O) groups is 1. The summed E-state index contributed by atoms with van der Waals surface area (Å²) >= 11 is 0. The Morgan fingerprint density at radius 2 is 1.95 bits per heavy atom. The fourth-order valence-electron chi connectivity index (χ4n) is 2.13. The molecule has 0 saturated heterocycles. The number of benzene rings is 2. The Labute approximate surface area is 123 Å². The normalized spacial score (nSPS) is 10.4. The van der Waals surface area contributed by atoms with Crippen molar-refractivity contribution in [3.63, 3.8) is 0 Å². The highest BCUT2D eigenvalue weighted by Crippen LogP contribution is 2.19. The summed E-state index contributed by atoms with van der Waals surface area (Å²) in [6.07, 6.45) is 0. The highest BCUT2D eigenvalue weighted by molar-refractivity contribution is 5.99. The second kappa shape index (κ2) is 6.26. The minimum Gasteiger partial charge on any atom is -0.399 e. The molecule has 4 nitrogen and oxygen atoms in total. The van der Waals surface area contributed by atoms with Gasteiger partial charge in [0.2, 0.25) is 0 Å². The van der Waals surface area contributed by atoms with E-state index in [2.05, 4.69) is 0 Å². The molecule has 0 fully saturated rings. The van der Waals surface area contributed by atoms with Gasteiger partial charge in [0.25, 0.3) is 5.91 Å². The van der Waals surface area contributed by atoms with E-state index >= 15 is 0 Å². The Balaban J connectivity index is 2.22. The first-order chi connectivity index (χ1) is 10.0. The first-order valence-electron chi connectivity index (χ1n) is 6.70. The smallest absolute Gasteiger partial charge is 0.256 e. The lowest BCUT2D eigenvalue weighted by Gasteiger charge is -2.22. The van der Waals surface area contributed by atoms with E-state index in [0.29, 0.717) is 30.0 Å². The maximum absolute atomic E-state index is 13.2. The summed E-state index contributed by atoms with van der Waals surface area (Å²) in [5, 5.41) is 0. The van der Waals surface area contributed by atoms with E-state index in [-0.39, 0.29) is 11.7 Å². The number of nitrogens with two attached hydrogens (primary N) is 2. The molecule has 0 aliphatic carbocycles. The fourth-order valence-corrected chi connectivity index (χ4v) is 2.13.